The lowest BCUT2D eigenvalue weighted by molar-refractivity contribution is 0.0497. The molecule has 0 atom stereocenters. The molecule has 0 aliphatic carbocycles. The molecule has 0 aliphatic heterocycles. The summed E-state index contributed by atoms with van der Waals surface area (Å²) in [6.45, 7) is 8.16. The molecule has 21 heavy (non-hydrogen) atoms. The number of nitrogens with one attached hydrogen (secondary N) is 2. The van der Waals surface area contributed by atoms with Crippen LogP contribution >= 0.6 is 11.6 Å². The predicted molar refractivity (Wildman–Crippen MR) is 86.3 cm³/mol. The topological polar surface area (TPSA) is 50.4 Å². The summed E-state index contributed by atoms with van der Waals surface area (Å²) in [5.74, 6) is 0. The van der Waals surface area contributed by atoms with Crippen molar-refractivity contribution < 1.29 is 9.53 Å². The van der Waals surface area contributed by atoms with E-state index in [2.05, 4.69) is 23.8 Å². The number of hydrogen-bond acceptors (Lipinski definition) is 3. The molecule has 5 heteroatoms. The van der Waals surface area contributed by atoms with Gasteiger partial charge in [0.15, 0.2) is 0 Å². The zero-order valence-corrected chi connectivity index (χ0v) is 14.0. The molecular weight excluding hydrogens is 288 g/mol. The van der Waals surface area contributed by atoms with E-state index in [9.17, 15) is 4.79 Å². The van der Waals surface area contributed by atoms with Crippen molar-refractivity contribution in [2.75, 3.05) is 0 Å². The van der Waals surface area contributed by atoms with Gasteiger partial charge in [-0.15, -0.1) is 0 Å². The second-order valence-electron chi connectivity index (χ2n) is 6.01. The van der Waals surface area contributed by atoms with Gasteiger partial charge in [0, 0.05) is 11.6 Å². The average Bonchev–Trinajstić information content (AvgIpc) is 2.37. The molecular formula is C16H25ClN2O2. The summed E-state index contributed by atoms with van der Waals surface area (Å²) in [6, 6.07) is 5.92. The van der Waals surface area contributed by atoms with Crippen LogP contribution in [0.1, 0.15) is 51.7 Å². The summed E-state index contributed by atoms with van der Waals surface area (Å²) < 4.78 is 5.14. The summed E-state index contributed by atoms with van der Waals surface area (Å²) in [5.41, 5.74) is 7.10. The molecule has 0 saturated carbocycles. The highest BCUT2D eigenvalue weighted by Gasteiger charge is 2.15. The molecule has 1 amide bonds. The Labute approximate surface area is 132 Å². The highest BCUT2D eigenvalue weighted by molar-refractivity contribution is 6.31. The first kappa shape index (κ1) is 17.8. The van der Waals surface area contributed by atoms with E-state index in [0.717, 1.165) is 35.4 Å². The highest BCUT2D eigenvalue weighted by atomic mass is 35.5. The SMILES string of the molecule is CCCCc1cc(CNNC(=O)OC(C)(C)C)ccc1Cl. The molecule has 0 heterocycles. The summed E-state index contributed by atoms with van der Waals surface area (Å²) in [4.78, 5) is 11.5. The Morgan fingerprint density at radius 3 is 2.67 bits per heavy atom. The van der Waals surface area contributed by atoms with E-state index in [0.29, 0.717) is 6.54 Å². The Morgan fingerprint density at radius 2 is 2.05 bits per heavy atom. The number of carbonyl (C=O) groups excluding carboxylic acids is 1. The van der Waals surface area contributed by atoms with Crippen molar-refractivity contribution in [3.05, 3.63) is 34.3 Å². The first-order chi connectivity index (χ1) is 9.81. The maximum atomic E-state index is 11.5. The third-order valence-electron chi connectivity index (χ3n) is 2.79. The van der Waals surface area contributed by atoms with Gasteiger partial charge in [-0.3, -0.25) is 5.43 Å². The zero-order chi connectivity index (χ0) is 15.9. The Morgan fingerprint density at radius 1 is 1.33 bits per heavy atom. The monoisotopic (exact) mass is 312 g/mol. The molecule has 0 aliphatic rings. The number of hydrogen-bond donors (Lipinski definition) is 2. The summed E-state index contributed by atoms with van der Waals surface area (Å²) in [6.07, 6.45) is 2.75. The van der Waals surface area contributed by atoms with Crippen molar-refractivity contribution in [1.29, 1.82) is 0 Å². The quantitative estimate of drug-likeness (QED) is 0.774. The van der Waals surface area contributed by atoms with E-state index >= 15 is 0 Å². The molecule has 1 rings (SSSR count). The van der Waals surface area contributed by atoms with Crippen LogP contribution in [-0.2, 0) is 17.7 Å². The van der Waals surface area contributed by atoms with Gasteiger partial charge in [-0.05, 0) is 50.8 Å². The van der Waals surface area contributed by atoms with Crippen LogP contribution in [0.5, 0.6) is 0 Å². The molecule has 1 aromatic carbocycles. The number of ether oxygens (including phenoxy) is 1. The predicted octanol–water partition coefficient (Wildman–Crippen LogP) is 4.21. The Balaban J connectivity index is 2.47. The smallest absolute Gasteiger partial charge is 0.422 e. The van der Waals surface area contributed by atoms with Crippen molar-refractivity contribution >= 4 is 17.7 Å². The number of amides is 1. The van der Waals surface area contributed by atoms with Gasteiger partial charge < -0.3 is 4.74 Å². The lowest BCUT2D eigenvalue weighted by Crippen LogP contribution is -2.40. The average molecular weight is 313 g/mol. The maximum absolute atomic E-state index is 11.5. The normalized spacial score (nSPS) is 11.3. The molecule has 0 radical (unpaired) electrons. The number of hydrazine groups is 1. The Kier molecular flexibility index (Phi) is 6.99. The molecule has 0 unspecified atom stereocenters. The van der Waals surface area contributed by atoms with Crippen molar-refractivity contribution in [3.8, 4) is 0 Å². The van der Waals surface area contributed by atoms with Crippen LogP contribution in [0.4, 0.5) is 4.79 Å². The molecule has 1 aromatic rings. The number of halogens is 1. The molecule has 118 valence electrons. The standard InChI is InChI=1S/C16H25ClN2O2/c1-5-6-7-13-10-12(8-9-14(13)17)11-18-19-15(20)21-16(2,3)4/h8-10,18H,5-7,11H2,1-4H3,(H,19,20). The highest BCUT2D eigenvalue weighted by Crippen LogP contribution is 2.19. The van der Waals surface area contributed by atoms with Crippen molar-refractivity contribution in [1.82, 2.24) is 10.9 Å². The minimum absolute atomic E-state index is 0.484. The fraction of sp³-hybridized carbons (Fsp3) is 0.562. The first-order valence-electron chi connectivity index (χ1n) is 7.31. The van der Waals surface area contributed by atoms with E-state index in [1.165, 1.54) is 0 Å². The van der Waals surface area contributed by atoms with Gasteiger partial charge in [0.1, 0.15) is 5.60 Å². The number of aryl methyl sites for hydroxylation is 1. The summed E-state index contributed by atoms with van der Waals surface area (Å²) in [7, 11) is 0. The van der Waals surface area contributed by atoms with Gasteiger partial charge in [-0.2, -0.15) is 0 Å². The van der Waals surface area contributed by atoms with Crippen LogP contribution in [0.2, 0.25) is 5.02 Å². The fourth-order valence-corrected chi connectivity index (χ4v) is 2.03. The van der Waals surface area contributed by atoms with Crippen molar-refractivity contribution in [2.45, 2.75) is 59.1 Å². The van der Waals surface area contributed by atoms with E-state index < -0.39 is 11.7 Å². The van der Waals surface area contributed by atoms with Gasteiger partial charge in [0.25, 0.3) is 0 Å². The summed E-state index contributed by atoms with van der Waals surface area (Å²) in [5, 5.41) is 0.798. The number of unbranched alkanes of at least 4 members (excludes halogenated alkanes) is 1. The molecule has 0 saturated heterocycles. The third-order valence-corrected chi connectivity index (χ3v) is 3.16. The van der Waals surface area contributed by atoms with E-state index in [4.69, 9.17) is 16.3 Å². The second kappa shape index (κ2) is 8.25. The number of benzene rings is 1. The number of carbonyl (C=O) groups is 1. The largest absolute Gasteiger partial charge is 0.443 e. The van der Waals surface area contributed by atoms with Gasteiger partial charge in [0.2, 0.25) is 0 Å². The maximum Gasteiger partial charge on any atom is 0.422 e. The van der Waals surface area contributed by atoms with E-state index in [1.807, 2.05) is 32.9 Å². The molecule has 2 N–H and O–H groups in total. The molecule has 0 bridgehead atoms. The lowest BCUT2D eigenvalue weighted by atomic mass is 10.1. The number of rotatable bonds is 6. The summed E-state index contributed by atoms with van der Waals surface area (Å²) >= 11 is 6.18. The van der Waals surface area contributed by atoms with E-state index in [1.54, 1.807) is 0 Å². The van der Waals surface area contributed by atoms with Crippen molar-refractivity contribution in [2.24, 2.45) is 0 Å². The van der Waals surface area contributed by atoms with Gasteiger partial charge in [-0.1, -0.05) is 37.1 Å². The fourth-order valence-electron chi connectivity index (χ4n) is 1.82. The Bertz CT molecular complexity index is 470. The van der Waals surface area contributed by atoms with Crippen LogP contribution in [0, 0.1) is 0 Å². The minimum Gasteiger partial charge on any atom is -0.443 e. The van der Waals surface area contributed by atoms with Gasteiger partial charge in [0.05, 0.1) is 0 Å². The first-order valence-corrected chi connectivity index (χ1v) is 7.69. The van der Waals surface area contributed by atoms with Gasteiger partial charge >= 0.3 is 6.09 Å². The Hall–Kier alpha value is -1.26. The second-order valence-corrected chi connectivity index (χ2v) is 6.42. The minimum atomic E-state index is -0.501. The van der Waals surface area contributed by atoms with Crippen LogP contribution in [-0.4, -0.2) is 11.7 Å². The van der Waals surface area contributed by atoms with Crippen LogP contribution in [0.3, 0.4) is 0 Å². The molecule has 4 nitrogen and oxygen atoms in total. The zero-order valence-electron chi connectivity index (χ0n) is 13.3. The van der Waals surface area contributed by atoms with E-state index in [-0.39, 0.29) is 0 Å². The van der Waals surface area contributed by atoms with Crippen LogP contribution in [0.25, 0.3) is 0 Å². The molecule has 0 aromatic heterocycles. The third kappa shape index (κ3) is 7.34. The van der Waals surface area contributed by atoms with Crippen LogP contribution < -0.4 is 10.9 Å². The van der Waals surface area contributed by atoms with Gasteiger partial charge in [-0.25, -0.2) is 10.2 Å². The molecule has 0 spiro atoms. The lowest BCUT2D eigenvalue weighted by Gasteiger charge is -2.19. The van der Waals surface area contributed by atoms with Crippen LogP contribution in [0.15, 0.2) is 18.2 Å². The molecule has 0 fully saturated rings. The van der Waals surface area contributed by atoms with Crippen molar-refractivity contribution in [3.63, 3.8) is 0 Å².